The van der Waals surface area contributed by atoms with Gasteiger partial charge in [0.2, 0.25) is 0 Å². The summed E-state index contributed by atoms with van der Waals surface area (Å²) in [6.07, 6.45) is 4.66. The first kappa shape index (κ1) is 13.6. The lowest BCUT2D eigenvalue weighted by atomic mass is 10.2. The van der Waals surface area contributed by atoms with Crippen LogP contribution in [0.15, 0.2) is 42.7 Å². The Bertz CT molecular complexity index is 481. The van der Waals surface area contributed by atoms with Gasteiger partial charge in [0, 0.05) is 31.9 Å². The van der Waals surface area contributed by atoms with Crippen LogP contribution in [0.4, 0.5) is 0 Å². The molecule has 0 aliphatic heterocycles. The van der Waals surface area contributed by atoms with Gasteiger partial charge in [0.25, 0.3) is 0 Å². The van der Waals surface area contributed by atoms with Gasteiger partial charge in [0.05, 0.1) is 0 Å². The number of aromatic nitrogens is 2. The van der Waals surface area contributed by atoms with Gasteiger partial charge in [0.15, 0.2) is 0 Å². The first-order valence-corrected chi connectivity index (χ1v) is 6.67. The lowest BCUT2D eigenvalue weighted by Gasteiger charge is -2.18. The molecule has 1 aromatic heterocycles. The molecule has 0 fully saturated rings. The molecule has 0 saturated heterocycles. The van der Waals surface area contributed by atoms with Gasteiger partial charge >= 0.3 is 0 Å². The fraction of sp³-hybridized carbons (Fsp3) is 0.400. The second kappa shape index (κ2) is 6.95. The number of nitrogens with one attached hydrogen (secondary N) is 1. The summed E-state index contributed by atoms with van der Waals surface area (Å²) in [5.41, 5.74) is 0. The summed E-state index contributed by atoms with van der Waals surface area (Å²) in [6, 6.07) is 10.2. The molecule has 0 aliphatic carbocycles. The van der Waals surface area contributed by atoms with Crippen LogP contribution >= 0.6 is 0 Å². The quantitative estimate of drug-likeness (QED) is 0.827. The second-order valence-electron chi connectivity index (χ2n) is 4.54. The zero-order chi connectivity index (χ0) is 13.5. The fourth-order valence-corrected chi connectivity index (χ4v) is 2.01. The number of nitrogens with zero attached hydrogens (tertiary/aromatic N) is 2. The molecule has 19 heavy (non-hydrogen) atoms. The number of para-hydroxylation sites is 1. The van der Waals surface area contributed by atoms with Crippen LogP contribution < -0.4 is 10.1 Å². The summed E-state index contributed by atoms with van der Waals surface area (Å²) in [5, 5.41) is 3.44. The third-order valence-electron chi connectivity index (χ3n) is 3.04. The number of imidazole rings is 1. The van der Waals surface area contributed by atoms with Crippen LogP contribution in [0.2, 0.25) is 0 Å². The summed E-state index contributed by atoms with van der Waals surface area (Å²) < 4.78 is 7.86. The Morgan fingerprint density at radius 2 is 2.11 bits per heavy atom. The van der Waals surface area contributed by atoms with Crippen molar-refractivity contribution >= 4 is 0 Å². The van der Waals surface area contributed by atoms with Gasteiger partial charge in [-0.05, 0) is 18.7 Å². The summed E-state index contributed by atoms with van der Waals surface area (Å²) in [6.45, 7) is 3.67. The van der Waals surface area contributed by atoms with Crippen LogP contribution in [0.1, 0.15) is 12.7 Å². The van der Waals surface area contributed by atoms with Crippen LogP contribution in [0, 0.1) is 0 Å². The predicted octanol–water partition coefficient (Wildman–Crippen LogP) is 2.02. The molecule has 1 heterocycles. The molecular weight excluding hydrogens is 238 g/mol. The Kier molecular flexibility index (Phi) is 4.98. The molecule has 102 valence electrons. The average Bonchev–Trinajstić information content (AvgIpc) is 2.83. The van der Waals surface area contributed by atoms with Crippen molar-refractivity contribution in [3.63, 3.8) is 0 Å². The summed E-state index contributed by atoms with van der Waals surface area (Å²) in [7, 11) is 2.02. The topological polar surface area (TPSA) is 39.1 Å². The SMILES string of the molecule is CCNC(COc1ccccc1)Cc1nccn1C. The van der Waals surface area contributed by atoms with Gasteiger partial charge in [-0.1, -0.05) is 25.1 Å². The van der Waals surface area contributed by atoms with E-state index in [1.165, 1.54) is 0 Å². The van der Waals surface area contributed by atoms with Crippen LogP contribution in [-0.2, 0) is 13.5 Å². The molecule has 0 radical (unpaired) electrons. The van der Waals surface area contributed by atoms with Crippen molar-refractivity contribution in [1.29, 1.82) is 0 Å². The van der Waals surface area contributed by atoms with Crippen LogP contribution in [-0.4, -0.2) is 28.7 Å². The van der Waals surface area contributed by atoms with Gasteiger partial charge < -0.3 is 14.6 Å². The minimum absolute atomic E-state index is 0.270. The Morgan fingerprint density at radius 1 is 1.32 bits per heavy atom. The minimum Gasteiger partial charge on any atom is -0.492 e. The highest BCUT2D eigenvalue weighted by atomic mass is 16.5. The number of hydrogen-bond acceptors (Lipinski definition) is 3. The molecule has 4 nitrogen and oxygen atoms in total. The molecule has 4 heteroatoms. The van der Waals surface area contributed by atoms with Crippen molar-refractivity contribution in [2.45, 2.75) is 19.4 Å². The van der Waals surface area contributed by atoms with Crippen LogP contribution in [0.25, 0.3) is 0 Å². The Hall–Kier alpha value is -1.81. The van der Waals surface area contributed by atoms with Crippen LogP contribution in [0.3, 0.4) is 0 Å². The lowest BCUT2D eigenvalue weighted by molar-refractivity contribution is 0.262. The van der Waals surface area contributed by atoms with E-state index in [-0.39, 0.29) is 6.04 Å². The molecule has 1 aromatic carbocycles. The molecule has 0 amide bonds. The predicted molar refractivity (Wildman–Crippen MR) is 76.3 cm³/mol. The molecule has 1 unspecified atom stereocenters. The van der Waals surface area contributed by atoms with E-state index in [0.29, 0.717) is 6.61 Å². The van der Waals surface area contributed by atoms with Crippen molar-refractivity contribution in [1.82, 2.24) is 14.9 Å². The molecular formula is C15H21N3O. The first-order valence-electron chi connectivity index (χ1n) is 6.67. The monoisotopic (exact) mass is 259 g/mol. The van der Waals surface area contributed by atoms with Crippen LogP contribution in [0.5, 0.6) is 5.75 Å². The maximum atomic E-state index is 5.81. The highest BCUT2D eigenvalue weighted by molar-refractivity contribution is 5.21. The standard InChI is InChI=1S/C15H21N3O/c1-3-16-13(11-15-17-9-10-18(15)2)12-19-14-7-5-4-6-8-14/h4-10,13,16H,3,11-12H2,1-2H3. The molecule has 2 rings (SSSR count). The van der Waals surface area contributed by atoms with Crippen molar-refractivity contribution in [3.05, 3.63) is 48.5 Å². The Morgan fingerprint density at radius 3 is 2.74 bits per heavy atom. The highest BCUT2D eigenvalue weighted by Gasteiger charge is 2.12. The molecule has 0 spiro atoms. The smallest absolute Gasteiger partial charge is 0.119 e. The van der Waals surface area contributed by atoms with Crippen molar-refractivity contribution < 1.29 is 4.74 Å². The van der Waals surface area contributed by atoms with Crippen molar-refractivity contribution in [2.24, 2.45) is 7.05 Å². The highest BCUT2D eigenvalue weighted by Crippen LogP contribution is 2.09. The molecule has 1 atom stereocenters. The van der Waals surface area contributed by atoms with Gasteiger partial charge in [-0.2, -0.15) is 0 Å². The maximum Gasteiger partial charge on any atom is 0.119 e. The number of rotatable bonds is 7. The van der Waals surface area contributed by atoms with E-state index in [9.17, 15) is 0 Å². The van der Waals surface area contributed by atoms with Gasteiger partial charge in [-0.3, -0.25) is 0 Å². The van der Waals surface area contributed by atoms with E-state index in [0.717, 1.165) is 24.5 Å². The Balaban J connectivity index is 1.91. The number of likely N-dealkylation sites (N-methyl/N-ethyl adjacent to an activating group) is 1. The summed E-state index contributed by atoms with van der Waals surface area (Å²) in [5.74, 6) is 1.98. The molecule has 0 saturated carbocycles. The third-order valence-corrected chi connectivity index (χ3v) is 3.04. The molecule has 2 aromatic rings. The van der Waals surface area contributed by atoms with E-state index in [4.69, 9.17) is 4.74 Å². The normalized spacial score (nSPS) is 12.3. The zero-order valence-corrected chi connectivity index (χ0v) is 11.5. The van der Waals surface area contributed by atoms with E-state index < -0.39 is 0 Å². The maximum absolute atomic E-state index is 5.81. The van der Waals surface area contributed by atoms with E-state index in [1.54, 1.807) is 0 Å². The molecule has 0 aliphatic rings. The average molecular weight is 259 g/mol. The van der Waals surface area contributed by atoms with E-state index in [2.05, 4.69) is 17.2 Å². The number of benzene rings is 1. The van der Waals surface area contributed by atoms with E-state index in [1.807, 2.05) is 54.3 Å². The largest absolute Gasteiger partial charge is 0.492 e. The minimum atomic E-state index is 0.270. The molecule has 1 N–H and O–H groups in total. The van der Waals surface area contributed by atoms with Gasteiger partial charge in [0.1, 0.15) is 18.2 Å². The number of aryl methyl sites for hydroxylation is 1. The summed E-state index contributed by atoms with van der Waals surface area (Å²) in [4.78, 5) is 4.36. The molecule has 0 bridgehead atoms. The van der Waals surface area contributed by atoms with Gasteiger partial charge in [-0.25, -0.2) is 4.98 Å². The van der Waals surface area contributed by atoms with E-state index >= 15 is 0 Å². The summed E-state index contributed by atoms with van der Waals surface area (Å²) >= 11 is 0. The lowest BCUT2D eigenvalue weighted by Crippen LogP contribution is -2.37. The fourth-order valence-electron chi connectivity index (χ4n) is 2.01. The first-order chi connectivity index (χ1) is 9.29. The number of ether oxygens (including phenoxy) is 1. The van der Waals surface area contributed by atoms with Gasteiger partial charge in [-0.15, -0.1) is 0 Å². The second-order valence-corrected chi connectivity index (χ2v) is 4.54. The van der Waals surface area contributed by atoms with Crippen molar-refractivity contribution in [3.8, 4) is 5.75 Å². The third kappa shape index (κ3) is 4.10. The number of hydrogen-bond donors (Lipinski definition) is 1. The van der Waals surface area contributed by atoms with Crippen molar-refractivity contribution in [2.75, 3.05) is 13.2 Å². The zero-order valence-electron chi connectivity index (χ0n) is 11.5. The Labute approximate surface area is 114 Å².